The third-order valence-electron chi connectivity index (χ3n) is 1.04. The third-order valence-corrected chi connectivity index (χ3v) is 2.15. The lowest BCUT2D eigenvalue weighted by atomic mass is 10.4. The molecule has 0 aliphatic rings. The summed E-state index contributed by atoms with van der Waals surface area (Å²) >= 11 is 0. The first kappa shape index (κ1) is 10.1. The van der Waals surface area contributed by atoms with Gasteiger partial charge in [-0.25, -0.2) is 0 Å². The summed E-state index contributed by atoms with van der Waals surface area (Å²) in [5, 5.41) is 0. The average Bonchev–Trinajstić information content (AvgIpc) is 1.60. The second-order valence-corrected chi connectivity index (χ2v) is 8.25. The molecule has 0 aliphatic heterocycles. The molecule has 0 atom stereocenters. The predicted octanol–water partition coefficient (Wildman–Crippen LogP) is 2.22. The van der Waals surface area contributed by atoms with Crippen LogP contribution in [-0.4, -0.2) is 21.2 Å². The van der Waals surface area contributed by atoms with Crippen LogP contribution >= 0.6 is 0 Å². The lowest BCUT2D eigenvalue weighted by Gasteiger charge is -2.31. The lowest BCUT2D eigenvalue weighted by Crippen LogP contribution is -2.39. The maximum absolute atomic E-state index is 5.69. The molecule has 2 nitrogen and oxygen atoms in total. The van der Waals surface area contributed by atoms with Crippen molar-refractivity contribution in [1.82, 2.24) is 0 Å². The zero-order chi connectivity index (χ0) is 8.41. The minimum atomic E-state index is -1.44. The van der Waals surface area contributed by atoms with Gasteiger partial charge in [-0.2, -0.15) is 0 Å². The summed E-state index contributed by atoms with van der Waals surface area (Å²) in [7, 11) is 0.228. The van der Waals surface area contributed by atoms with Crippen LogP contribution in [-0.2, 0) is 9.16 Å². The highest BCUT2D eigenvalue weighted by Gasteiger charge is 2.26. The van der Waals surface area contributed by atoms with Gasteiger partial charge in [0.2, 0.25) is 0 Å². The summed E-state index contributed by atoms with van der Waals surface area (Å²) in [5.41, 5.74) is 0. The lowest BCUT2D eigenvalue weighted by molar-refractivity contribution is -0.140. The Morgan fingerprint density at radius 2 is 1.50 bits per heavy atom. The van der Waals surface area contributed by atoms with Gasteiger partial charge < -0.3 is 9.16 Å². The normalized spacial score (nSPS) is 13.8. The summed E-state index contributed by atoms with van der Waals surface area (Å²) in [6, 6.07) is 0. The molecule has 62 valence electrons. The number of methoxy groups -OCH3 is 1. The molecular weight excluding hydrogens is 144 g/mol. The van der Waals surface area contributed by atoms with E-state index in [-0.39, 0.29) is 0 Å². The first-order valence-corrected chi connectivity index (χ1v) is 6.93. The fourth-order valence-corrected chi connectivity index (χ4v) is 2.34. The first-order valence-electron chi connectivity index (χ1n) is 3.52. The summed E-state index contributed by atoms with van der Waals surface area (Å²) in [6.07, 6.45) is 0. The van der Waals surface area contributed by atoms with Crippen LogP contribution in [0.25, 0.3) is 0 Å². The van der Waals surface area contributed by atoms with Gasteiger partial charge in [0.15, 0.2) is 14.1 Å². The molecule has 0 spiro atoms. The Morgan fingerprint density at radius 1 is 1.10 bits per heavy atom. The molecule has 10 heavy (non-hydrogen) atoms. The number of hydrogen-bond acceptors (Lipinski definition) is 2. The fraction of sp³-hybridized carbons (Fsp3) is 1.00. The molecule has 0 bridgehead atoms. The molecule has 0 rings (SSSR count). The maximum Gasteiger partial charge on any atom is 0.187 e. The van der Waals surface area contributed by atoms with E-state index in [4.69, 9.17) is 9.16 Å². The van der Waals surface area contributed by atoms with Gasteiger partial charge in [-0.05, 0) is 33.5 Å². The molecule has 0 saturated heterocycles. The molecular formula is C7H18O2Si. The summed E-state index contributed by atoms with van der Waals surface area (Å²) in [4.78, 5) is 0. The SMILES string of the molecule is COC(C)(C)O[Si](C)(C)C. The smallest absolute Gasteiger partial charge is 0.187 e. The third kappa shape index (κ3) is 4.96. The van der Waals surface area contributed by atoms with E-state index in [0.29, 0.717) is 0 Å². The number of ether oxygens (including phenoxy) is 1. The molecule has 0 N–H and O–H groups in total. The standard InChI is InChI=1S/C7H18O2Si/c1-7(2,8-3)9-10(4,5)6/h1-6H3. The zero-order valence-corrected chi connectivity index (χ0v) is 8.82. The van der Waals surface area contributed by atoms with Crippen molar-refractivity contribution in [3.8, 4) is 0 Å². The van der Waals surface area contributed by atoms with E-state index in [0.717, 1.165) is 0 Å². The van der Waals surface area contributed by atoms with Crippen molar-refractivity contribution in [2.45, 2.75) is 39.3 Å². The molecule has 3 heteroatoms. The highest BCUT2D eigenvalue weighted by Crippen LogP contribution is 2.16. The highest BCUT2D eigenvalue weighted by atomic mass is 28.4. The van der Waals surface area contributed by atoms with Crippen LogP contribution in [0.2, 0.25) is 19.6 Å². The van der Waals surface area contributed by atoms with E-state index in [2.05, 4.69) is 19.6 Å². The van der Waals surface area contributed by atoms with Gasteiger partial charge in [-0.1, -0.05) is 0 Å². The Kier molecular flexibility index (Phi) is 3.07. The molecule has 0 unspecified atom stereocenters. The van der Waals surface area contributed by atoms with Crippen LogP contribution in [0.4, 0.5) is 0 Å². The molecule has 0 heterocycles. The topological polar surface area (TPSA) is 18.5 Å². The quantitative estimate of drug-likeness (QED) is 0.468. The van der Waals surface area contributed by atoms with Crippen molar-refractivity contribution in [3.05, 3.63) is 0 Å². The summed E-state index contributed by atoms with van der Waals surface area (Å²) in [6.45, 7) is 10.3. The van der Waals surface area contributed by atoms with Crippen LogP contribution in [0.5, 0.6) is 0 Å². The van der Waals surface area contributed by atoms with Crippen LogP contribution in [0.3, 0.4) is 0 Å². The maximum atomic E-state index is 5.69. The Hall–Kier alpha value is 0.137. The molecule has 0 fully saturated rings. The van der Waals surface area contributed by atoms with Crippen molar-refractivity contribution in [2.24, 2.45) is 0 Å². The van der Waals surface area contributed by atoms with E-state index in [1.165, 1.54) is 0 Å². The van der Waals surface area contributed by atoms with Gasteiger partial charge in [0, 0.05) is 7.11 Å². The minimum absolute atomic E-state index is 0.412. The van der Waals surface area contributed by atoms with Crippen LogP contribution in [0.1, 0.15) is 13.8 Å². The van der Waals surface area contributed by atoms with Crippen molar-refractivity contribution in [3.63, 3.8) is 0 Å². The number of hydrogen-bond donors (Lipinski definition) is 0. The van der Waals surface area contributed by atoms with Gasteiger partial charge in [-0.3, -0.25) is 0 Å². The minimum Gasteiger partial charge on any atom is -0.391 e. The van der Waals surface area contributed by atoms with Crippen molar-refractivity contribution in [1.29, 1.82) is 0 Å². The van der Waals surface area contributed by atoms with E-state index in [1.807, 2.05) is 13.8 Å². The van der Waals surface area contributed by atoms with Gasteiger partial charge >= 0.3 is 0 Å². The second kappa shape index (κ2) is 3.03. The largest absolute Gasteiger partial charge is 0.391 e. The van der Waals surface area contributed by atoms with Crippen LogP contribution in [0.15, 0.2) is 0 Å². The Labute approximate surface area is 64.7 Å². The molecule has 0 radical (unpaired) electrons. The van der Waals surface area contributed by atoms with Crippen molar-refractivity contribution < 1.29 is 9.16 Å². The molecule has 0 aromatic carbocycles. The summed E-state index contributed by atoms with van der Waals surface area (Å²) < 4.78 is 10.8. The molecule has 0 amide bonds. The second-order valence-electron chi connectivity index (χ2n) is 3.82. The monoisotopic (exact) mass is 162 g/mol. The van der Waals surface area contributed by atoms with Crippen LogP contribution in [0, 0.1) is 0 Å². The van der Waals surface area contributed by atoms with Gasteiger partial charge in [0.25, 0.3) is 0 Å². The molecule has 0 saturated carbocycles. The number of rotatable bonds is 3. The Morgan fingerprint density at radius 3 is 1.60 bits per heavy atom. The molecule has 0 aromatic heterocycles. The van der Waals surface area contributed by atoms with E-state index < -0.39 is 14.1 Å². The van der Waals surface area contributed by atoms with Gasteiger partial charge in [-0.15, -0.1) is 0 Å². The van der Waals surface area contributed by atoms with E-state index >= 15 is 0 Å². The fourth-order valence-electron chi connectivity index (χ4n) is 0.779. The Balaban J connectivity index is 3.89. The predicted molar refractivity (Wildman–Crippen MR) is 45.5 cm³/mol. The average molecular weight is 162 g/mol. The Bertz CT molecular complexity index is 105. The van der Waals surface area contributed by atoms with Crippen molar-refractivity contribution in [2.75, 3.05) is 7.11 Å². The van der Waals surface area contributed by atoms with Gasteiger partial charge in [0.05, 0.1) is 0 Å². The van der Waals surface area contributed by atoms with E-state index in [9.17, 15) is 0 Å². The van der Waals surface area contributed by atoms with Gasteiger partial charge in [0.1, 0.15) is 0 Å². The first-order chi connectivity index (χ1) is 4.27. The zero-order valence-electron chi connectivity index (χ0n) is 7.82. The van der Waals surface area contributed by atoms with E-state index in [1.54, 1.807) is 7.11 Å². The highest BCUT2D eigenvalue weighted by molar-refractivity contribution is 6.69. The van der Waals surface area contributed by atoms with Crippen LogP contribution < -0.4 is 0 Å². The summed E-state index contributed by atoms with van der Waals surface area (Å²) in [5.74, 6) is -0.412. The molecule has 0 aliphatic carbocycles. The van der Waals surface area contributed by atoms with Crippen molar-refractivity contribution >= 4 is 8.32 Å². The molecule has 0 aromatic rings.